The van der Waals surface area contributed by atoms with E-state index in [0.29, 0.717) is 0 Å². The fourth-order valence-electron chi connectivity index (χ4n) is 2.28. The molecule has 2 aromatic rings. The van der Waals surface area contributed by atoms with Crippen LogP contribution >= 0.6 is 0 Å². The number of nitrogens with one attached hydrogen (secondary N) is 1. The summed E-state index contributed by atoms with van der Waals surface area (Å²) in [5.74, 6) is -2.30. The van der Waals surface area contributed by atoms with Crippen molar-refractivity contribution in [3.63, 3.8) is 0 Å². The van der Waals surface area contributed by atoms with E-state index in [9.17, 15) is 27.9 Å². The number of hydrogen-bond donors (Lipinski definition) is 2. The molecule has 0 aliphatic rings. The Hall–Kier alpha value is -3.23. The predicted octanol–water partition coefficient (Wildman–Crippen LogP) is 3.67. The number of ether oxygens (including phenoxy) is 2. The molecule has 0 saturated carbocycles. The zero-order valence-electron chi connectivity index (χ0n) is 13.7. The summed E-state index contributed by atoms with van der Waals surface area (Å²) in [6, 6.07) is 6.46. The molecule has 6 nitrogen and oxygen atoms in total. The Morgan fingerprint density at radius 1 is 1.00 bits per heavy atom. The molecule has 0 bridgehead atoms. The Balaban J connectivity index is 2.49. The maximum absolute atomic E-state index is 13.1. The molecule has 0 radical (unpaired) electrons. The number of halogens is 3. The van der Waals surface area contributed by atoms with E-state index < -0.39 is 29.2 Å². The number of alkyl halides is 3. The van der Waals surface area contributed by atoms with E-state index in [1.165, 1.54) is 20.3 Å². The molecule has 0 heterocycles. The molecule has 0 spiro atoms. The van der Waals surface area contributed by atoms with Crippen molar-refractivity contribution in [2.24, 2.45) is 0 Å². The van der Waals surface area contributed by atoms with Crippen molar-refractivity contribution in [3.8, 4) is 11.5 Å². The second-order valence-corrected chi connectivity index (χ2v) is 5.06. The Morgan fingerprint density at radius 2 is 1.58 bits per heavy atom. The molecule has 2 rings (SSSR count). The molecule has 26 heavy (non-hydrogen) atoms. The van der Waals surface area contributed by atoms with E-state index in [-0.39, 0.29) is 22.7 Å². The first-order chi connectivity index (χ1) is 12.2. The molecule has 0 aliphatic heterocycles. The van der Waals surface area contributed by atoms with Crippen LogP contribution in [0.5, 0.6) is 11.5 Å². The van der Waals surface area contributed by atoms with E-state index in [1.54, 1.807) is 0 Å². The van der Waals surface area contributed by atoms with Crippen LogP contribution in [0.2, 0.25) is 0 Å². The molecule has 2 aromatic carbocycles. The number of carboxylic acid groups (broad SMARTS) is 1. The lowest BCUT2D eigenvalue weighted by Crippen LogP contribution is -2.20. The number of carboxylic acids is 1. The van der Waals surface area contributed by atoms with Gasteiger partial charge in [-0.1, -0.05) is 12.1 Å². The van der Waals surface area contributed by atoms with Gasteiger partial charge in [0, 0.05) is 12.1 Å². The standard InChI is InChI=1S/C17H14F3NO5/c1-25-13-7-10(16(23)24)12(8-14(13)26-2)21-15(22)9-5-3-4-6-11(9)17(18,19)20/h3-8H,1-2H3,(H,21,22)(H,23,24). The Bertz CT molecular complexity index is 849. The fourth-order valence-corrected chi connectivity index (χ4v) is 2.28. The fraction of sp³-hybridized carbons (Fsp3) is 0.176. The molecule has 2 N–H and O–H groups in total. The summed E-state index contributed by atoms with van der Waals surface area (Å²) in [6.45, 7) is 0. The minimum absolute atomic E-state index is 0.0959. The highest BCUT2D eigenvalue weighted by molar-refractivity contribution is 6.09. The smallest absolute Gasteiger partial charge is 0.417 e. The number of aromatic carboxylic acids is 1. The van der Waals surface area contributed by atoms with Crippen LogP contribution < -0.4 is 14.8 Å². The number of anilines is 1. The minimum atomic E-state index is -4.73. The number of carbonyl (C=O) groups excluding carboxylic acids is 1. The topological polar surface area (TPSA) is 84.9 Å². The zero-order chi connectivity index (χ0) is 19.5. The summed E-state index contributed by atoms with van der Waals surface area (Å²) in [7, 11) is 2.59. The molecular weight excluding hydrogens is 355 g/mol. The Kier molecular flexibility index (Phi) is 5.39. The maximum Gasteiger partial charge on any atom is 0.417 e. The van der Waals surface area contributed by atoms with Gasteiger partial charge in [0.25, 0.3) is 5.91 Å². The average molecular weight is 369 g/mol. The second kappa shape index (κ2) is 7.34. The van der Waals surface area contributed by atoms with Gasteiger partial charge >= 0.3 is 12.1 Å². The van der Waals surface area contributed by atoms with E-state index in [4.69, 9.17) is 9.47 Å². The largest absolute Gasteiger partial charge is 0.493 e. The predicted molar refractivity (Wildman–Crippen MR) is 85.9 cm³/mol. The highest BCUT2D eigenvalue weighted by Gasteiger charge is 2.35. The molecule has 0 fully saturated rings. The number of benzene rings is 2. The van der Waals surface area contributed by atoms with Crippen molar-refractivity contribution < 1.29 is 37.3 Å². The van der Waals surface area contributed by atoms with Crippen LogP contribution in [0.4, 0.5) is 18.9 Å². The van der Waals surface area contributed by atoms with E-state index in [0.717, 1.165) is 30.3 Å². The maximum atomic E-state index is 13.1. The van der Waals surface area contributed by atoms with Crippen molar-refractivity contribution in [3.05, 3.63) is 53.1 Å². The van der Waals surface area contributed by atoms with Gasteiger partial charge in [-0.2, -0.15) is 13.2 Å². The monoisotopic (exact) mass is 369 g/mol. The van der Waals surface area contributed by atoms with Crippen LogP contribution in [0, 0.1) is 0 Å². The van der Waals surface area contributed by atoms with Crippen LogP contribution in [-0.2, 0) is 6.18 Å². The first kappa shape index (κ1) is 19.1. The lowest BCUT2D eigenvalue weighted by molar-refractivity contribution is -0.137. The number of hydrogen-bond acceptors (Lipinski definition) is 4. The SMILES string of the molecule is COc1cc(NC(=O)c2ccccc2C(F)(F)F)c(C(=O)O)cc1OC. The molecule has 0 unspecified atom stereocenters. The summed E-state index contributed by atoms with van der Waals surface area (Å²) in [6.07, 6.45) is -4.73. The van der Waals surface area contributed by atoms with Crippen molar-refractivity contribution in [2.75, 3.05) is 19.5 Å². The highest BCUT2D eigenvalue weighted by atomic mass is 19.4. The first-order valence-corrected chi connectivity index (χ1v) is 7.16. The van der Waals surface area contributed by atoms with Gasteiger partial charge in [0.15, 0.2) is 11.5 Å². The van der Waals surface area contributed by atoms with Gasteiger partial charge < -0.3 is 19.9 Å². The van der Waals surface area contributed by atoms with Gasteiger partial charge in [0.05, 0.1) is 36.6 Å². The first-order valence-electron chi connectivity index (χ1n) is 7.16. The summed E-state index contributed by atoms with van der Waals surface area (Å²) in [5, 5.41) is 11.5. The van der Waals surface area contributed by atoms with Gasteiger partial charge in [-0.25, -0.2) is 4.79 Å². The zero-order valence-corrected chi connectivity index (χ0v) is 13.7. The van der Waals surface area contributed by atoms with Gasteiger partial charge in [0.2, 0.25) is 0 Å². The van der Waals surface area contributed by atoms with Crippen molar-refractivity contribution in [1.82, 2.24) is 0 Å². The lowest BCUT2D eigenvalue weighted by atomic mass is 10.1. The third-order valence-electron chi connectivity index (χ3n) is 3.48. The average Bonchev–Trinajstić information content (AvgIpc) is 2.60. The van der Waals surface area contributed by atoms with Crippen molar-refractivity contribution in [2.45, 2.75) is 6.18 Å². The molecule has 9 heteroatoms. The van der Waals surface area contributed by atoms with Crippen LogP contribution in [0.3, 0.4) is 0 Å². The second-order valence-electron chi connectivity index (χ2n) is 5.06. The molecule has 1 amide bonds. The molecule has 0 atom stereocenters. The number of carbonyl (C=O) groups is 2. The number of methoxy groups -OCH3 is 2. The van der Waals surface area contributed by atoms with Crippen LogP contribution in [0.1, 0.15) is 26.3 Å². The minimum Gasteiger partial charge on any atom is -0.493 e. The molecule has 138 valence electrons. The summed E-state index contributed by atoms with van der Waals surface area (Å²) >= 11 is 0. The van der Waals surface area contributed by atoms with Gasteiger partial charge in [0.1, 0.15) is 0 Å². The Morgan fingerprint density at radius 3 is 2.12 bits per heavy atom. The van der Waals surface area contributed by atoms with Crippen LogP contribution in [0.15, 0.2) is 36.4 Å². The van der Waals surface area contributed by atoms with Crippen molar-refractivity contribution >= 4 is 17.6 Å². The van der Waals surface area contributed by atoms with Crippen LogP contribution in [0.25, 0.3) is 0 Å². The number of rotatable bonds is 5. The van der Waals surface area contributed by atoms with Crippen LogP contribution in [-0.4, -0.2) is 31.2 Å². The van der Waals surface area contributed by atoms with Gasteiger partial charge in [-0.15, -0.1) is 0 Å². The summed E-state index contributed by atoms with van der Waals surface area (Å²) < 4.78 is 49.2. The molecule has 0 aliphatic carbocycles. The summed E-state index contributed by atoms with van der Waals surface area (Å²) in [5.41, 5.74) is -2.35. The van der Waals surface area contributed by atoms with E-state index in [1.807, 2.05) is 0 Å². The van der Waals surface area contributed by atoms with Gasteiger partial charge in [-0.3, -0.25) is 4.79 Å². The third kappa shape index (κ3) is 3.88. The molecular formula is C17H14F3NO5. The highest BCUT2D eigenvalue weighted by Crippen LogP contribution is 2.35. The normalized spacial score (nSPS) is 11.0. The molecule has 0 saturated heterocycles. The van der Waals surface area contributed by atoms with Crippen molar-refractivity contribution in [1.29, 1.82) is 0 Å². The van der Waals surface area contributed by atoms with Gasteiger partial charge in [-0.05, 0) is 12.1 Å². The summed E-state index contributed by atoms with van der Waals surface area (Å²) in [4.78, 5) is 23.7. The third-order valence-corrected chi connectivity index (χ3v) is 3.48. The van der Waals surface area contributed by atoms with E-state index in [2.05, 4.69) is 5.32 Å². The number of amides is 1. The quantitative estimate of drug-likeness (QED) is 0.840. The lowest BCUT2D eigenvalue weighted by Gasteiger charge is -2.15. The molecule has 0 aromatic heterocycles. The Labute approximate surface area is 146 Å². The van der Waals surface area contributed by atoms with E-state index >= 15 is 0 Å².